The lowest BCUT2D eigenvalue weighted by molar-refractivity contribution is 0.475. The Morgan fingerprint density at radius 3 is 2.14 bits per heavy atom. The Morgan fingerprint density at radius 2 is 1.36 bits per heavy atom. The van der Waals surface area contributed by atoms with Gasteiger partial charge in [0, 0.05) is 11.1 Å². The third-order valence-corrected chi connectivity index (χ3v) is 3.89. The molecule has 22 heavy (non-hydrogen) atoms. The van der Waals surface area contributed by atoms with Gasteiger partial charge < -0.3 is 9.67 Å². The van der Waals surface area contributed by atoms with E-state index in [0.717, 1.165) is 16.9 Å². The smallest absolute Gasteiger partial charge is 0.115 e. The highest BCUT2D eigenvalue weighted by atomic mass is 16.3. The number of para-hydroxylation sites is 2. The molecule has 0 spiro atoms. The molecular weight excluding hydrogens is 270 g/mol. The maximum atomic E-state index is 9.52. The van der Waals surface area contributed by atoms with Crippen molar-refractivity contribution >= 4 is 10.9 Å². The van der Waals surface area contributed by atoms with Crippen LogP contribution in [0.5, 0.6) is 5.75 Å². The lowest BCUT2D eigenvalue weighted by atomic mass is 10.1. The second-order valence-electron chi connectivity index (χ2n) is 5.31. The minimum Gasteiger partial charge on any atom is -0.508 e. The number of phenolic OH excluding ortho intramolecular Hbond substituents is 1. The average Bonchev–Trinajstić information content (AvgIpc) is 2.96. The number of nitrogens with zero attached hydrogens (tertiary/aromatic N) is 1. The molecule has 3 aromatic carbocycles. The fourth-order valence-corrected chi connectivity index (χ4v) is 2.85. The molecule has 0 amide bonds. The van der Waals surface area contributed by atoms with Crippen molar-refractivity contribution in [2.45, 2.75) is 0 Å². The molecule has 4 rings (SSSR count). The minimum absolute atomic E-state index is 0.283. The van der Waals surface area contributed by atoms with Crippen LogP contribution in [0.2, 0.25) is 0 Å². The molecule has 0 aliphatic rings. The monoisotopic (exact) mass is 285 g/mol. The molecule has 0 saturated heterocycles. The van der Waals surface area contributed by atoms with Crippen LogP contribution in [0.25, 0.3) is 27.8 Å². The Labute approximate surface area is 128 Å². The second-order valence-corrected chi connectivity index (χ2v) is 5.31. The highest BCUT2D eigenvalue weighted by Crippen LogP contribution is 2.32. The van der Waals surface area contributed by atoms with Crippen LogP contribution in [0.15, 0.2) is 84.9 Å². The zero-order chi connectivity index (χ0) is 14.9. The van der Waals surface area contributed by atoms with Crippen molar-refractivity contribution in [3.05, 3.63) is 84.9 Å². The van der Waals surface area contributed by atoms with E-state index in [0.29, 0.717) is 0 Å². The van der Waals surface area contributed by atoms with Crippen LogP contribution in [0, 0.1) is 0 Å². The molecule has 1 heterocycles. The molecule has 2 nitrogen and oxygen atoms in total. The summed E-state index contributed by atoms with van der Waals surface area (Å²) >= 11 is 0. The van der Waals surface area contributed by atoms with Crippen molar-refractivity contribution in [2.24, 2.45) is 0 Å². The molecule has 0 fully saturated rings. The standard InChI is InChI=1S/C20H15NO/c22-18-12-10-15(11-13-18)20-14-16-6-4-5-9-19(16)21(20)17-7-2-1-3-8-17/h1-14,22H. The Kier molecular flexibility index (Phi) is 2.94. The molecular formula is C20H15NO. The van der Waals surface area contributed by atoms with E-state index >= 15 is 0 Å². The van der Waals surface area contributed by atoms with Crippen molar-refractivity contribution < 1.29 is 5.11 Å². The molecule has 106 valence electrons. The first-order chi connectivity index (χ1) is 10.8. The summed E-state index contributed by atoms with van der Waals surface area (Å²) in [5.74, 6) is 0.283. The normalized spacial score (nSPS) is 10.9. The summed E-state index contributed by atoms with van der Waals surface area (Å²) in [5, 5.41) is 10.7. The quantitative estimate of drug-likeness (QED) is 0.550. The van der Waals surface area contributed by atoms with Crippen LogP contribution < -0.4 is 0 Å². The predicted molar refractivity (Wildman–Crippen MR) is 90.4 cm³/mol. The van der Waals surface area contributed by atoms with Gasteiger partial charge in [-0.05, 0) is 54.1 Å². The number of benzene rings is 3. The van der Waals surface area contributed by atoms with E-state index in [4.69, 9.17) is 0 Å². The molecule has 0 aliphatic carbocycles. The molecule has 0 atom stereocenters. The Hall–Kier alpha value is -3.00. The minimum atomic E-state index is 0.283. The van der Waals surface area contributed by atoms with Crippen LogP contribution in [0.4, 0.5) is 0 Å². The molecule has 4 aromatic rings. The van der Waals surface area contributed by atoms with Crippen molar-refractivity contribution in [3.63, 3.8) is 0 Å². The first-order valence-electron chi connectivity index (χ1n) is 7.28. The predicted octanol–water partition coefficient (Wildman–Crippen LogP) is 5.00. The molecule has 0 unspecified atom stereocenters. The number of rotatable bonds is 2. The Morgan fingerprint density at radius 1 is 0.682 bits per heavy atom. The zero-order valence-electron chi connectivity index (χ0n) is 12.0. The van der Waals surface area contributed by atoms with Crippen LogP contribution in [0.1, 0.15) is 0 Å². The van der Waals surface area contributed by atoms with Gasteiger partial charge in [0.15, 0.2) is 0 Å². The summed E-state index contributed by atoms with van der Waals surface area (Å²) in [7, 11) is 0. The van der Waals surface area contributed by atoms with Gasteiger partial charge in [0.1, 0.15) is 5.75 Å². The van der Waals surface area contributed by atoms with E-state index in [9.17, 15) is 5.11 Å². The van der Waals surface area contributed by atoms with Gasteiger partial charge in [0.25, 0.3) is 0 Å². The SMILES string of the molecule is Oc1ccc(-c2cc3ccccc3n2-c2ccccc2)cc1. The fraction of sp³-hybridized carbons (Fsp3) is 0. The fourth-order valence-electron chi connectivity index (χ4n) is 2.85. The highest BCUT2D eigenvalue weighted by molar-refractivity contribution is 5.89. The zero-order valence-corrected chi connectivity index (χ0v) is 12.0. The molecule has 0 radical (unpaired) electrons. The lowest BCUT2D eigenvalue weighted by Crippen LogP contribution is -1.96. The van der Waals surface area contributed by atoms with Gasteiger partial charge in [-0.15, -0.1) is 0 Å². The summed E-state index contributed by atoms with van der Waals surface area (Å²) < 4.78 is 2.25. The lowest BCUT2D eigenvalue weighted by Gasteiger charge is -2.11. The van der Waals surface area contributed by atoms with Crippen molar-refractivity contribution in [1.29, 1.82) is 0 Å². The topological polar surface area (TPSA) is 25.2 Å². The number of aromatic hydroxyl groups is 1. The van der Waals surface area contributed by atoms with E-state index in [1.165, 1.54) is 10.9 Å². The van der Waals surface area contributed by atoms with Gasteiger partial charge in [0.05, 0.1) is 11.2 Å². The van der Waals surface area contributed by atoms with Gasteiger partial charge in [0.2, 0.25) is 0 Å². The number of aromatic nitrogens is 1. The van der Waals surface area contributed by atoms with E-state index in [1.54, 1.807) is 12.1 Å². The van der Waals surface area contributed by atoms with Gasteiger partial charge in [-0.25, -0.2) is 0 Å². The van der Waals surface area contributed by atoms with Crippen molar-refractivity contribution in [3.8, 4) is 22.7 Å². The van der Waals surface area contributed by atoms with Crippen molar-refractivity contribution in [2.75, 3.05) is 0 Å². The summed E-state index contributed by atoms with van der Waals surface area (Å²) in [6.07, 6.45) is 0. The molecule has 1 aromatic heterocycles. The van der Waals surface area contributed by atoms with Crippen LogP contribution in [-0.2, 0) is 0 Å². The Bertz CT molecular complexity index is 921. The summed E-state index contributed by atoms with van der Waals surface area (Å²) in [4.78, 5) is 0. The molecule has 1 N–H and O–H groups in total. The first-order valence-corrected chi connectivity index (χ1v) is 7.28. The van der Waals surface area contributed by atoms with E-state index in [-0.39, 0.29) is 5.75 Å². The number of hydrogen-bond donors (Lipinski definition) is 1. The van der Waals surface area contributed by atoms with Gasteiger partial charge >= 0.3 is 0 Å². The van der Waals surface area contributed by atoms with Crippen LogP contribution >= 0.6 is 0 Å². The molecule has 0 bridgehead atoms. The van der Waals surface area contributed by atoms with Gasteiger partial charge in [-0.1, -0.05) is 36.4 Å². The summed E-state index contributed by atoms with van der Waals surface area (Å²) in [6, 6.07) is 28.2. The summed E-state index contributed by atoms with van der Waals surface area (Å²) in [6.45, 7) is 0. The van der Waals surface area contributed by atoms with Crippen molar-refractivity contribution in [1.82, 2.24) is 4.57 Å². The molecule has 2 heteroatoms. The maximum absolute atomic E-state index is 9.52. The number of hydrogen-bond acceptors (Lipinski definition) is 1. The van der Waals surface area contributed by atoms with E-state index in [1.807, 2.05) is 30.3 Å². The maximum Gasteiger partial charge on any atom is 0.115 e. The largest absolute Gasteiger partial charge is 0.508 e. The van der Waals surface area contributed by atoms with Crippen LogP contribution in [0.3, 0.4) is 0 Å². The van der Waals surface area contributed by atoms with E-state index < -0.39 is 0 Å². The highest BCUT2D eigenvalue weighted by Gasteiger charge is 2.11. The third-order valence-electron chi connectivity index (χ3n) is 3.89. The van der Waals surface area contributed by atoms with Gasteiger partial charge in [-0.2, -0.15) is 0 Å². The Balaban J connectivity index is 2.04. The molecule has 0 aliphatic heterocycles. The number of phenols is 1. The van der Waals surface area contributed by atoms with Gasteiger partial charge in [-0.3, -0.25) is 0 Å². The molecule has 0 saturated carbocycles. The number of fused-ring (bicyclic) bond motifs is 1. The average molecular weight is 285 g/mol. The third kappa shape index (κ3) is 2.06. The van der Waals surface area contributed by atoms with Crippen LogP contribution in [-0.4, -0.2) is 9.67 Å². The van der Waals surface area contributed by atoms with E-state index in [2.05, 4.69) is 47.0 Å². The first kappa shape index (κ1) is 12.7. The summed E-state index contributed by atoms with van der Waals surface area (Å²) in [5.41, 5.74) is 4.51. The second kappa shape index (κ2) is 5.08.